The van der Waals surface area contributed by atoms with Crippen LogP contribution in [0.15, 0.2) is 48.5 Å². The predicted molar refractivity (Wildman–Crippen MR) is 88.7 cm³/mol. The molecule has 0 aliphatic carbocycles. The smallest absolute Gasteiger partial charge is 0.248 e. The highest BCUT2D eigenvalue weighted by Gasteiger charge is 2.03. The van der Waals surface area contributed by atoms with Crippen molar-refractivity contribution in [2.75, 3.05) is 19.5 Å². The fourth-order valence-electron chi connectivity index (χ4n) is 1.81. The minimum Gasteiger partial charge on any atom is -0.497 e. The van der Waals surface area contributed by atoms with Gasteiger partial charge in [-0.05, 0) is 42.0 Å². The minimum atomic E-state index is -0.239. The molecule has 0 bridgehead atoms. The van der Waals surface area contributed by atoms with Crippen LogP contribution in [0, 0.1) is 0 Å². The highest BCUT2D eigenvalue weighted by atomic mass is 35.5. The molecule has 2 rings (SSSR count). The molecular weight excluding hydrogens is 302 g/mol. The number of carbonyl (C=O) groups is 1. The average molecular weight is 318 g/mol. The van der Waals surface area contributed by atoms with Crippen LogP contribution in [-0.4, -0.2) is 20.1 Å². The summed E-state index contributed by atoms with van der Waals surface area (Å²) in [5.41, 5.74) is 1.51. The summed E-state index contributed by atoms with van der Waals surface area (Å²) >= 11 is 6.01. The van der Waals surface area contributed by atoms with Crippen LogP contribution in [0.5, 0.6) is 11.5 Å². The van der Waals surface area contributed by atoms with Crippen LogP contribution in [0.25, 0.3) is 6.08 Å². The van der Waals surface area contributed by atoms with Crippen LogP contribution in [0.4, 0.5) is 5.69 Å². The Balaban J connectivity index is 1.99. The number of halogens is 1. The molecule has 5 heteroatoms. The van der Waals surface area contributed by atoms with Crippen molar-refractivity contribution in [3.8, 4) is 11.5 Å². The van der Waals surface area contributed by atoms with Crippen LogP contribution in [0.1, 0.15) is 5.56 Å². The van der Waals surface area contributed by atoms with Crippen LogP contribution >= 0.6 is 11.6 Å². The van der Waals surface area contributed by atoms with Gasteiger partial charge in [-0.2, -0.15) is 0 Å². The number of methoxy groups -OCH3 is 2. The number of carbonyl (C=O) groups excluding carboxylic acids is 1. The molecular formula is C17H16ClNO3. The van der Waals surface area contributed by atoms with Crippen molar-refractivity contribution in [3.05, 3.63) is 59.1 Å². The average Bonchev–Trinajstić information content (AvgIpc) is 2.53. The van der Waals surface area contributed by atoms with Crippen LogP contribution in [-0.2, 0) is 4.79 Å². The van der Waals surface area contributed by atoms with Gasteiger partial charge in [0.15, 0.2) is 0 Å². The zero-order valence-electron chi connectivity index (χ0n) is 12.3. The van der Waals surface area contributed by atoms with Crippen LogP contribution in [0.3, 0.4) is 0 Å². The minimum absolute atomic E-state index is 0.239. The number of ether oxygens (including phenoxy) is 2. The van der Waals surface area contributed by atoms with Gasteiger partial charge in [0.1, 0.15) is 11.5 Å². The van der Waals surface area contributed by atoms with E-state index in [1.54, 1.807) is 31.4 Å². The Morgan fingerprint density at radius 2 is 1.82 bits per heavy atom. The van der Waals surface area contributed by atoms with Crippen molar-refractivity contribution in [3.63, 3.8) is 0 Å². The third-order valence-corrected chi connectivity index (χ3v) is 3.26. The van der Waals surface area contributed by atoms with E-state index in [1.165, 1.54) is 13.2 Å². The van der Waals surface area contributed by atoms with Gasteiger partial charge < -0.3 is 14.8 Å². The zero-order valence-corrected chi connectivity index (χ0v) is 13.1. The van der Waals surface area contributed by atoms with Crippen molar-refractivity contribution in [1.82, 2.24) is 0 Å². The number of rotatable bonds is 5. The molecule has 0 aromatic heterocycles. The summed E-state index contributed by atoms with van der Waals surface area (Å²) in [7, 11) is 3.15. The Kier molecular flexibility index (Phi) is 5.44. The van der Waals surface area contributed by atoms with Gasteiger partial charge in [-0.1, -0.05) is 23.7 Å². The molecule has 22 heavy (non-hydrogen) atoms. The Hall–Kier alpha value is -2.46. The van der Waals surface area contributed by atoms with Gasteiger partial charge in [-0.3, -0.25) is 4.79 Å². The van der Waals surface area contributed by atoms with Gasteiger partial charge in [0.2, 0.25) is 5.91 Å². The molecule has 114 valence electrons. The first-order valence-electron chi connectivity index (χ1n) is 6.59. The van der Waals surface area contributed by atoms with Crippen molar-refractivity contribution < 1.29 is 14.3 Å². The molecule has 0 saturated carbocycles. The van der Waals surface area contributed by atoms with Gasteiger partial charge >= 0.3 is 0 Å². The largest absolute Gasteiger partial charge is 0.497 e. The molecule has 4 nitrogen and oxygen atoms in total. The molecule has 1 amide bonds. The topological polar surface area (TPSA) is 47.6 Å². The summed E-state index contributed by atoms with van der Waals surface area (Å²) in [5.74, 6) is 1.10. The maximum atomic E-state index is 11.9. The Morgan fingerprint density at radius 3 is 2.41 bits per heavy atom. The van der Waals surface area contributed by atoms with Crippen LogP contribution < -0.4 is 14.8 Å². The van der Waals surface area contributed by atoms with E-state index in [0.717, 1.165) is 11.3 Å². The summed E-state index contributed by atoms with van der Waals surface area (Å²) in [6, 6.07) is 12.5. The monoisotopic (exact) mass is 317 g/mol. The van der Waals surface area contributed by atoms with Gasteiger partial charge in [0, 0.05) is 11.8 Å². The summed E-state index contributed by atoms with van der Waals surface area (Å²) < 4.78 is 10.1. The molecule has 0 fully saturated rings. The van der Waals surface area contributed by atoms with E-state index in [2.05, 4.69) is 5.32 Å². The lowest BCUT2D eigenvalue weighted by atomic mass is 10.2. The summed E-state index contributed by atoms with van der Waals surface area (Å²) in [6.07, 6.45) is 3.18. The fraction of sp³-hybridized carbons (Fsp3) is 0.118. The molecule has 0 radical (unpaired) electrons. The third kappa shape index (κ3) is 4.27. The maximum Gasteiger partial charge on any atom is 0.248 e. The maximum absolute atomic E-state index is 11.9. The molecule has 0 saturated heterocycles. The number of nitrogens with one attached hydrogen (secondary N) is 1. The van der Waals surface area contributed by atoms with Crippen molar-refractivity contribution >= 4 is 29.3 Å². The quantitative estimate of drug-likeness (QED) is 0.848. The third-order valence-electron chi connectivity index (χ3n) is 2.96. The standard InChI is InChI=1S/C17H16ClNO3/c1-21-14-7-3-12(4-8-14)5-10-17(20)19-13-6-9-16(22-2)15(18)11-13/h3-11H,1-2H3,(H,19,20)/b10-5+. The van der Waals surface area contributed by atoms with E-state index in [1.807, 2.05) is 24.3 Å². The zero-order chi connectivity index (χ0) is 15.9. The first-order valence-corrected chi connectivity index (χ1v) is 6.97. The van der Waals surface area contributed by atoms with Crippen LogP contribution in [0.2, 0.25) is 5.02 Å². The number of hydrogen-bond acceptors (Lipinski definition) is 3. The molecule has 1 N–H and O–H groups in total. The molecule has 0 heterocycles. The van der Waals surface area contributed by atoms with Crippen molar-refractivity contribution in [1.29, 1.82) is 0 Å². The predicted octanol–water partition coefficient (Wildman–Crippen LogP) is 4.01. The van der Waals surface area contributed by atoms with Gasteiger partial charge in [0.05, 0.1) is 19.2 Å². The lowest BCUT2D eigenvalue weighted by Crippen LogP contribution is -2.07. The Morgan fingerprint density at radius 1 is 1.09 bits per heavy atom. The van der Waals surface area contributed by atoms with E-state index < -0.39 is 0 Å². The first-order chi connectivity index (χ1) is 10.6. The fourth-order valence-corrected chi connectivity index (χ4v) is 2.07. The first kappa shape index (κ1) is 15.9. The lowest BCUT2D eigenvalue weighted by Gasteiger charge is -2.06. The second-order valence-electron chi connectivity index (χ2n) is 4.45. The van der Waals surface area contributed by atoms with E-state index in [-0.39, 0.29) is 5.91 Å². The molecule has 0 aliphatic rings. The Labute approximate surface area is 134 Å². The van der Waals surface area contributed by atoms with Gasteiger partial charge in [0.25, 0.3) is 0 Å². The van der Waals surface area contributed by atoms with Gasteiger partial charge in [-0.15, -0.1) is 0 Å². The SMILES string of the molecule is COc1ccc(/C=C/C(=O)Nc2ccc(OC)c(Cl)c2)cc1. The number of hydrogen-bond donors (Lipinski definition) is 1. The van der Waals surface area contributed by atoms with E-state index in [0.29, 0.717) is 16.5 Å². The number of anilines is 1. The second kappa shape index (κ2) is 7.52. The second-order valence-corrected chi connectivity index (χ2v) is 4.85. The Bertz CT molecular complexity index is 681. The van der Waals surface area contributed by atoms with Gasteiger partial charge in [-0.25, -0.2) is 0 Å². The number of amides is 1. The molecule has 0 unspecified atom stereocenters. The van der Waals surface area contributed by atoms with Crippen molar-refractivity contribution in [2.45, 2.75) is 0 Å². The summed E-state index contributed by atoms with van der Waals surface area (Å²) in [4.78, 5) is 11.9. The summed E-state index contributed by atoms with van der Waals surface area (Å²) in [5, 5.41) is 3.18. The van der Waals surface area contributed by atoms with E-state index >= 15 is 0 Å². The lowest BCUT2D eigenvalue weighted by molar-refractivity contribution is -0.111. The highest BCUT2D eigenvalue weighted by molar-refractivity contribution is 6.32. The molecule has 0 spiro atoms. The summed E-state index contributed by atoms with van der Waals surface area (Å²) in [6.45, 7) is 0. The molecule has 0 aliphatic heterocycles. The van der Waals surface area contributed by atoms with E-state index in [9.17, 15) is 4.79 Å². The molecule has 2 aromatic carbocycles. The molecule has 2 aromatic rings. The normalized spacial score (nSPS) is 10.5. The van der Waals surface area contributed by atoms with Crippen molar-refractivity contribution in [2.24, 2.45) is 0 Å². The number of benzene rings is 2. The highest BCUT2D eigenvalue weighted by Crippen LogP contribution is 2.27. The molecule has 0 atom stereocenters. The van der Waals surface area contributed by atoms with E-state index in [4.69, 9.17) is 21.1 Å².